The van der Waals surface area contributed by atoms with E-state index in [4.69, 9.17) is 9.47 Å². The van der Waals surface area contributed by atoms with Gasteiger partial charge in [-0.1, -0.05) is 18.2 Å². The lowest BCUT2D eigenvalue weighted by Crippen LogP contribution is -2.12. The van der Waals surface area contributed by atoms with Gasteiger partial charge in [0.05, 0.1) is 43.1 Å². The second-order valence-electron chi connectivity index (χ2n) is 8.66. The van der Waals surface area contributed by atoms with E-state index in [-0.39, 0.29) is 11.6 Å². The number of nitro groups is 1. The maximum Gasteiger partial charge on any atom is 0.312 e. The zero-order valence-electron chi connectivity index (χ0n) is 21.8. The first-order valence-electron chi connectivity index (χ1n) is 12.3. The molecule has 198 valence electrons. The quantitative estimate of drug-likeness (QED) is 0.224. The fourth-order valence-corrected chi connectivity index (χ4v) is 4.14. The molecule has 0 aliphatic rings. The smallest absolute Gasteiger partial charge is 0.312 e. The van der Waals surface area contributed by atoms with E-state index in [9.17, 15) is 14.9 Å². The first-order valence-corrected chi connectivity index (χ1v) is 12.3. The minimum Gasteiger partial charge on any atom is -0.490 e. The van der Waals surface area contributed by atoms with Crippen molar-refractivity contribution in [2.45, 2.75) is 40.8 Å². The zero-order valence-corrected chi connectivity index (χ0v) is 21.8. The summed E-state index contributed by atoms with van der Waals surface area (Å²) < 4.78 is 14.6. The fraction of sp³-hybridized carbons (Fsp3) is 0.296. The van der Waals surface area contributed by atoms with Gasteiger partial charge in [0.25, 0.3) is 5.91 Å². The topological polar surface area (TPSA) is 126 Å². The van der Waals surface area contributed by atoms with Gasteiger partial charge in [0.2, 0.25) is 0 Å². The molecule has 0 aliphatic carbocycles. The van der Waals surface area contributed by atoms with Crippen molar-refractivity contribution in [3.05, 3.63) is 93.1 Å². The lowest BCUT2D eigenvalue weighted by Gasteiger charge is -2.12. The molecule has 0 aliphatic heterocycles. The van der Waals surface area contributed by atoms with E-state index in [0.29, 0.717) is 60.4 Å². The molecule has 0 fully saturated rings. The van der Waals surface area contributed by atoms with Gasteiger partial charge in [-0.15, -0.1) is 0 Å². The van der Waals surface area contributed by atoms with E-state index >= 15 is 0 Å². The van der Waals surface area contributed by atoms with Gasteiger partial charge in [-0.25, -0.2) is 0 Å². The van der Waals surface area contributed by atoms with Gasteiger partial charge in [0.1, 0.15) is 11.4 Å². The zero-order chi connectivity index (χ0) is 27.2. The summed E-state index contributed by atoms with van der Waals surface area (Å²) in [6, 6.07) is 12.8. The molecule has 0 radical (unpaired) electrons. The molecule has 0 saturated carbocycles. The first-order chi connectivity index (χ1) is 18.3. The minimum absolute atomic E-state index is 0.0267. The highest BCUT2D eigenvalue weighted by molar-refractivity contribution is 6.04. The molecule has 1 N–H and O–H groups in total. The SMILES string of the molecule is CCOc1ccc(Cn2cc(NC(=O)c3ccc(Cn4nc(C)c([N+](=O)[O-])c4C)cc3)cn2)cc1OCC. The molecule has 0 spiro atoms. The molecule has 2 heterocycles. The summed E-state index contributed by atoms with van der Waals surface area (Å²) in [5.41, 5.74) is 3.81. The standard InChI is InChI=1S/C27H30N6O5/c1-5-37-24-12-9-21(13-25(24)38-6-2)15-31-17-23(14-28-31)29-27(34)22-10-7-20(8-11-22)16-32-19(4)26(33(35)36)18(3)30-32/h7-14,17H,5-6,15-16H2,1-4H3,(H,29,34). The Morgan fingerprint density at radius 3 is 2.34 bits per heavy atom. The van der Waals surface area contributed by atoms with Crippen LogP contribution >= 0.6 is 0 Å². The molecule has 2 aromatic heterocycles. The summed E-state index contributed by atoms with van der Waals surface area (Å²) in [6.07, 6.45) is 3.36. The molecule has 0 unspecified atom stereocenters. The van der Waals surface area contributed by atoms with Crippen molar-refractivity contribution in [1.29, 1.82) is 0 Å². The Balaban J connectivity index is 1.38. The number of hydrogen-bond donors (Lipinski definition) is 1. The summed E-state index contributed by atoms with van der Waals surface area (Å²) >= 11 is 0. The highest BCUT2D eigenvalue weighted by Gasteiger charge is 2.21. The van der Waals surface area contributed by atoms with Crippen LogP contribution < -0.4 is 14.8 Å². The molecular formula is C27H30N6O5. The minimum atomic E-state index is -0.417. The molecule has 38 heavy (non-hydrogen) atoms. The summed E-state index contributed by atoms with van der Waals surface area (Å²) in [5.74, 6) is 1.12. The van der Waals surface area contributed by atoms with Crippen molar-refractivity contribution in [2.75, 3.05) is 18.5 Å². The van der Waals surface area contributed by atoms with E-state index in [1.165, 1.54) is 0 Å². The number of anilines is 1. The van der Waals surface area contributed by atoms with Gasteiger partial charge in [0.15, 0.2) is 11.5 Å². The summed E-state index contributed by atoms with van der Waals surface area (Å²) in [7, 11) is 0. The third kappa shape index (κ3) is 6.00. The third-order valence-corrected chi connectivity index (χ3v) is 5.92. The maximum atomic E-state index is 12.8. The highest BCUT2D eigenvalue weighted by Crippen LogP contribution is 2.29. The van der Waals surface area contributed by atoms with Crippen LogP contribution in [0.15, 0.2) is 54.9 Å². The largest absolute Gasteiger partial charge is 0.490 e. The number of aryl methyl sites for hydroxylation is 1. The Hall–Kier alpha value is -4.67. The number of nitrogens with zero attached hydrogens (tertiary/aromatic N) is 5. The van der Waals surface area contributed by atoms with Crippen LogP contribution in [0.3, 0.4) is 0 Å². The Bertz CT molecular complexity index is 1440. The van der Waals surface area contributed by atoms with Crippen LogP contribution in [0.25, 0.3) is 0 Å². The van der Waals surface area contributed by atoms with Crippen LogP contribution in [0.4, 0.5) is 11.4 Å². The Morgan fingerprint density at radius 1 is 1.00 bits per heavy atom. The second-order valence-corrected chi connectivity index (χ2v) is 8.66. The molecule has 11 nitrogen and oxygen atoms in total. The number of carbonyl (C=O) groups excluding carboxylic acids is 1. The monoisotopic (exact) mass is 518 g/mol. The first kappa shape index (κ1) is 26.4. The van der Waals surface area contributed by atoms with Crippen molar-refractivity contribution in [1.82, 2.24) is 19.6 Å². The number of aromatic nitrogens is 4. The number of nitrogens with one attached hydrogen (secondary N) is 1. The Morgan fingerprint density at radius 2 is 1.68 bits per heavy atom. The molecule has 2 aromatic carbocycles. The van der Waals surface area contributed by atoms with Gasteiger partial charge in [0, 0.05) is 11.8 Å². The molecule has 0 bridgehead atoms. The van der Waals surface area contributed by atoms with Crippen LogP contribution in [0.2, 0.25) is 0 Å². The van der Waals surface area contributed by atoms with E-state index in [1.807, 2.05) is 44.2 Å². The fourth-order valence-electron chi connectivity index (χ4n) is 4.14. The van der Waals surface area contributed by atoms with Gasteiger partial charge < -0.3 is 14.8 Å². The van der Waals surface area contributed by atoms with E-state index in [1.54, 1.807) is 47.7 Å². The molecule has 0 saturated heterocycles. The van der Waals surface area contributed by atoms with Gasteiger partial charge in [-0.05, 0) is 63.1 Å². The lowest BCUT2D eigenvalue weighted by molar-refractivity contribution is -0.386. The number of ether oxygens (including phenoxy) is 2. The number of amides is 1. The molecular weight excluding hydrogens is 488 g/mol. The van der Waals surface area contributed by atoms with Crippen molar-refractivity contribution >= 4 is 17.3 Å². The Kier molecular flexibility index (Phi) is 8.05. The van der Waals surface area contributed by atoms with Gasteiger partial charge >= 0.3 is 5.69 Å². The average molecular weight is 519 g/mol. The molecule has 4 aromatic rings. The average Bonchev–Trinajstić information content (AvgIpc) is 3.43. The third-order valence-electron chi connectivity index (χ3n) is 5.92. The predicted octanol–water partition coefficient (Wildman–Crippen LogP) is 4.75. The Labute approximate surface area is 220 Å². The van der Waals surface area contributed by atoms with Crippen LogP contribution in [0.1, 0.15) is 46.7 Å². The maximum absolute atomic E-state index is 12.8. The summed E-state index contributed by atoms with van der Waals surface area (Å²) in [6.45, 7) is 9.10. The number of benzene rings is 2. The number of hydrogen-bond acceptors (Lipinski definition) is 7. The highest BCUT2D eigenvalue weighted by atomic mass is 16.6. The summed E-state index contributed by atoms with van der Waals surface area (Å²) in [5, 5.41) is 22.7. The normalized spacial score (nSPS) is 10.8. The van der Waals surface area contributed by atoms with E-state index in [0.717, 1.165) is 11.1 Å². The van der Waals surface area contributed by atoms with Gasteiger partial charge in [-0.3, -0.25) is 24.3 Å². The van der Waals surface area contributed by atoms with Gasteiger partial charge in [-0.2, -0.15) is 10.2 Å². The van der Waals surface area contributed by atoms with Crippen molar-refractivity contribution in [2.24, 2.45) is 0 Å². The summed E-state index contributed by atoms with van der Waals surface area (Å²) in [4.78, 5) is 23.6. The molecule has 1 amide bonds. The van der Waals surface area contributed by atoms with Crippen LogP contribution in [-0.4, -0.2) is 43.6 Å². The molecule has 0 atom stereocenters. The predicted molar refractivity (Wildman–Crippen MR) is 142 cm³/mol. The second kappa shape index (κ2) is 11.6. The van der Waals surface area contributed by atoms with Crippen LogP contribution in [0, 0.1) is 24.0 Å². The van der Waals surface area contributed by atoms with E-state index < -0.39 is 4.92 Å². The molecule has 4 rings (SSSR count). The number of carbonyl (C=O) groups is 1. The lowest BCUT2D eigenvalue weighted by atomic mass is 10.1. The van der Waals surface area contributed by atoms with Crippen molar-refractivity contribution in [3.63, 3.8) is 0 Å². The van der Waals surface area contributed by atoms with Crippen molar-refractivity contribution < 1.29 is 19.2 Å². The number of rotatable bonds is 11. The molecule has 11 heteroatoms. The van der Waals surface area contributed by atoms with Crippen molar-refractivity contribution in [3.8, 4) is 11.5 Å². The van der Waals surface area contributed by atoms with Crippen LogP contribution in [-0.2, 0) is 13.1 Å². The van der Waals surface area contributed by atoms with Crippen LogP contribution in [0.5, 0.6) is 11.5 Å². The van der Waals surface area contributed by atoms with E-state index in [2.05, 4.69) is 15.5 Å².